The van der Waals surface area contributed by atoms with E-state index in [1.165, 1.54) is 17.0 Å². The first-order chi connectivity index (χ1) is 13.0. The molecule has 0 saturated carbocycles. The lowest BCUT2D eigenvalue weighted by Crippen LogP contribution is -2.30. The maximum absolute atomic E-state index is 12.1. The van der Waals surface area contributed by atoms with Crippen LogP contribution in [-0.4, -0.2) is 36.4 Å². The Morgan fingerprint density at radius 1 is 1.22 bits per heavy atom. The summed E-state index contributed by atoms with van der Waals surface area (Å²) in [6, 6.07) is 10.3. The first-order valence-corrected chi connectivity index (χ1v) is 10.2. The lowest BCUT2D eigenvalue weighted by molar-refractivity contribution is -0.120. The molecule has 0 radical (unpaired) electrons. The van der Waals surface area contributed by atoms with E-state index in [9.17, 15) is 9.59 Å². The molecule has 1 heterocycles. The van der Waals surface area contributed by atoms with Gasteiger partial charge in [0, 0.05) is 36.6 Å². The van der Waals surface area contributed by atoms with Gasteiger partial charge in [-0.25, -0.2) is 4.98 Å². The van der Waals surface area contributed by atoms with Crippen LogP contribution in [0.4, 0.5) is 10.8 Å². The molecule has 0 unspecified atom stereocenters. The second-order valence-electron chi connectivity index (χ2n) is 6.58. The molecule has 2 N–H and O–H groups in total. The summed E-state index contributed by atoms with van der Waals surface area (Å²) in [5.41, 5.74) is 1.88. The minimum Gasteiger partial charge on any atom is -0.372 e. The van der Waals surface area contributed by atoms with Crippen LogP contribution in [0, 0.1) is 5.92 Å². The standard InChI is InChI=1S/C20H28N4O2S/c1-4-24(17-9-6-5-7-10-17)12-8-11-21-18(25)13-16-14-27-20(22-16)23-19(26)15(2)3/h5-7,9-10,14-15H,4,8,11-13H2,1-3H3,(H,21,25)(H,22,23,26). The summed E-state index contributed by atoms with van der Waals surface area (Å²) in [6.45, 7) is 8.24. The fourth-order valence-electron chi connectivity index (χ4n) is 2.53. The number of rotatable bonds is 10. The summed E-state index contributed by atoms with van der Waals surface area (Å²) < 4.78 is 0. The lowest BCUT2D eigenvalue weighted by Gasteiger charge is -2.23. The molecule has 146 valence electrons. The molecule has 0 spiro atoms. The number of thiazole rings is 1. The Morgan fingerprint density at radius 3 is 2.63 bits per heavy atom. The van der Waals surface area contributed by atoms with Crippen LogP contribution in [0.5, 0.6) is 0 Å². The van der Waals surface area contributed by atoms with Gasteiger partial charge in [-0.3, -0.25) is 9.59 Å². The van der Waals surface area contributed by atoms with Gasteiger partial charge in [-0.15, -0.1) is 11.3 Å². The van der Waals surface area contributed by atoms with Crippen molar-refractivity contribution < 1.29 is 9.59 Å². The second kappa shape index (κ2) is 10.7. The minimum atomic E-state index is -0.0979. The van der Waals surface area contributed by atoms with Crippen molar-refractivity contribution in [1.82, 2.24) is 10.3 Å². The van der Waals surface area contributed by atoms with E-state index in [2.05, 4.69) is 39.6 Å². The molecule has 1 aromatic carbocycles. The molecule has 0 fully saturated rings. The molecular weight excluding hydrogens is 360 g/mol. The highest BCUT2D eigenvalue weighted by Gasteiger charge is 2.12. The van der Waals surface area contributed by atoms with Crippen LogP contribution in [-0.2, 0) is 16.0 Å². The summed E-state index contributed by atoms with van der Waals surface area (Å²) in [5.74, 6) is -0.219. The molecule has 2 amide bonds. The number of para-hydroxylation sites is 1. The Kier molecular flexibility index (Phi) is 8.26. The summed E-state index contributed by atoms with van der Waals surface area (Å²) in [6.07, 6.45) is 1.10. The quantitative estimate of drug-likeness (QED) is 0.613. The van der Waals surface area contributed by atoms with Crippen molar-refractivity contribution in [3.63, 3.8) is 0 Å². The van der Waals surface area contributed by atoms with Crippen LogP contribution in [0.15, 0.2) is 35.7 Å². The van der Waals surface area contributed by atoms with Gasteiger partial charge in [0.1, 0.15) is 0 Å². The predicted octanol–water partition coefficient (Wildman–Crippen LogP) is 3.31. The van der Waals surface area contributed by atoms with Crippen LogP contribution >= 0.6 is 11.3 Å². The molecule has 0 bridgehead atoms. The van der Waals surface area contributed by atoms with Crippen molar-refractivity contribution >= 4 is 34.0 Å². The van der Waals surface area contributed by atoms with Crippen LogP contribution in [0.2, 0.25) is 0 Å². The number of amides is 2. The van der Waals surface area contributed by atoms with Crippen molar-refractivity contribution in [2.75, 3.05) is 29.9 Å². The number of anilines is 2. The first kappa shape index (κ1) is 20.9. The number of carbonyl (C=O) groups is 2. The summed E-state index contributed by atoms with van der Waals surface area (Å²) >= 11 is 1.34. The van der Waals surface area contributed by atoms with E-state index in [1.54, 1.807) is 0 Å². The fourth-order valence-corrected chi connectivity index (χ4v) is 3.24. The maximum atomic E-state index is 12.1. The highest BCUT2D eigenvalue weighted by Crippen LogP contribution is 2.17. The van der Waals surface area contributed by atoms with Crippen molar-refractivity contribution in [1.29, 1.82) is 0 Å². The largest absolute Gasteiger partial charge is 0.372 e. The molecule has 2 rings (SSSR count). The number of benzene rings is 1. The van der Waals surface area contributed by atoms with Crippen LogP contribution in [0.1, 0.15) is 32.9 Å². The summed E-state index contributed by atoms with van der Waals surface area (Å²) in [4.78, 5) is 30.3. The van der Waals surface area contributed by atoms with E-state index >= 15 is 0 Å². The molecule has 1 aromatic heterocycles. The Morgan fingerprint density at radius 2 is 1.96 bits per heavy atom. The van der Waals surface area contributed by atoms with E-state index in [0.29, 0.717) is 17.4 Å². The normalized spacial score (nSPS) is 10.7. The third kappa shape index (κ3) is 7.02. The fraction of sp³-hybridized carbons (Fsp3) is 0.450. The molecule has 0 saturated heterocycles. The van der Waals surface area contributed by atoms with Crippen molar-refractivity contribution in [3.05, 3.63) is 41.4 Å². The smallest absolute Gasteiger partial charge is 0.228 e. The highest BCUT2D eigenvalue weighted by atomic mass is 32.1. The molecular formula is C20H28N4O2S. The Balaban J connectivity index is 1.70. The molecule has 0 atom stereocenters. The second-order valence-corrected chi connectivity index (χ2v) is 7.44. The SMILES string of the molecule is CCN(CCCNC(=O)Cc1csc(NC(=O)C(C)C)n1)c1ccccc1. The Labute approximate surface area is 165 Å². The van der Waals surface area contributed by atoms with Gasteiger partial charge in [0.15, 0.2) is 5.13 Å². The zero-order valence-electron chi connectivity index (χ0n) is 16.2. The molecule has 0 aliphatic heterocycles. The number of hydrogen-bond acceptors (Lipinski definition) is 5. The third-order valence-electron chi connectivity index (χ3n) is 4.08. The van der Waals surface area contributed by atoms with Crippen LogP contribution in [0.25, 0.3) is 0 Å². The van der Waals surface area contributed by atoms with E-state index in [0.717, 1.165) is 19.5 Å². The summed E-state index contributed by atoms with van der Waals surface area (Å²) in [7, 11) is 0. The third-order valence-corrected chi connectivity index (χ3v) is 4.88. The minimum absolute atomic E-state index is 0.0511. The van der Waals surface area contributed by atoms with Gasteiger partial charge in [-0.2, -0.15) is 0 Å². The predicted molar refractivity (Wildman–Crippen MR) is 111 cm³/mol. The Bertz CT molecular complexity index is 731. The molecule has 6 nitrogen and oxygen atoms in total. The lowest BCUT2D eigenvalue weighted by atomic mass is 10.2. The Hall–Kier alpha value is -2.41. The number of nitrogens with zero attached hydrogens (tertiary/aromatic N) is 2. The molecule has 0 aliphatic carbocycles. The number of hydrogen-bond donors (Lipinski definition) is 2. The molecule has 0 aliphatic rings. The van der Waals surface area contributed by atoms with Gasteiger partial charge >= 0.3 is 0 Å². The van der Waals surface area contributed by atoms with Crippen LogP contribution in [0.3, 0.4) is 0 Å². The van der Waals surface area contributed by atoms with E-state index in [4.69, 9.17) is 0 Å². The zero-order chi connectivity index (χ0) is 19.6. The molecule has 2 aromatic rings. The summed E-state index contributed by atoms with van der Waals surface area (Å²) in [5, 5.41) is 8.04. The van der Waals surface area contributed by atoms with Crippen LogP contribution < -0.4 is 15.5 Å². The number of aromatic nitrogens is 1. The van der Waals surface area contributed by atoms with Gasteiger partial charge in [-0.05, 0) is 25.5 Å². The van der Waals surface area contributed by atoms with Gasteiger partial charge < -0.3 is 15.5 Å². The average Bonchev–Trinajstić information content (AvgIpc) is 3.09. The molecule has 27 heavy (non-hydrogen) atoms. The topological polar surface area (TPSA) is 74.3 Å². The highest BCUT2D eigenvalue weighted by molar-refractivity contribution is 7.13. The zero-order valence-corrected chi connectivity index (χ0v) is 17.0. The van der Waals surface area contributed by atoms with Crippen molar-refractivity contribution in [2.24, 2.45) is 5.92 Å². The maximum Gasteiger partial charge on any atom is 0.228 e. The van der Waals surface area contributed by atoms with E-state index < -0.39 is 0 Å². The van der Waals surface area contributed by atoms with Gasteiger partial charge in [0.2, 0.25) is 11.8 Å². The number of nitrogens with one attached hydrogen (secondary N) is 2. The average molecular weight is 389 g/mol. The number of carbonyl (C=O) groups excluding carboxylic acids is 2. The van der Waals surface area contributed by atoms with Gasteiger partial charge in [-0.1, -0.05) is 32.0 Å². The van der Waals surface area contributed by atoms with E-state index in [1.807, 2.05) is 37.4 Å². The van der Waals surface area contributed by atoms with Gasteiger partial charge in [0.05, 0.1) is 12.1 Å². The van der Waals surface area contributed by atoms with E-state index in [-0.39, 0.29) is 24.2 Å². The monoisotopic (exact) mass is 388 g/mol. The van der Waals surface area contributed by atoms with Crippen molar-refractivity contribution in [2.45, 2.75) is 33.6 Å². The first-order valence-electron chi connectivity index (χ1n) is 9.31. The van der Waals surface area contributed by atoms with Crippen molar-refractivity contribution in [3.8, 4) is 0 Å². The molecule has 7 heteroatoms. The van der Waals surface area contributed by atoms with Gasteiger partial charge in [0.25, 0.3) is 0 Å².